The van der Waals surface area contributed by atoms with Gasteiger partial charge in [0.1, 0.15) is 11.8 Å². The molecular weight excluding hydrogens is 384 g/mol. The molecule has 0 amide bonds. The molecule has 3 aliphatic rings. The first kappa shape index (κ1) is 22.8. The number of rotatable bonds is 5. The molecule has 0 saturated heterocycles. The van der Waals surface area contributed by atoms with Crippen molar-refractivity contribution < 1.29 is 9.53 Å². The molecule has 1 unspecified atom stereocenters. The van der Waals surface area contributed by atoms with Gasteiger partial charge in [-0.2, -0.15) is 0 Å². The minimum absolute atomic E-state index is 0.220. The average molecular weight is 427 g/mol. The number of hydrogen-bond acceptors (Lipinski definition) is 4. The number of aryl methyl sites for hydroxylation is 1. The van der Waals surface area contributed by atoms with Gasteiger partial charge in [0.15, 0.2) is 0 Å². The molecule has 5 atom stereocenters. The van der Waals surface area contributed by atoms with Crippen LogP contribution in [-0.4, -0.2) is 18.6 Å². The van der Waals surface area contributed by atoms with Gasteiger partial charge in [0.05, 0.1) is 0 Å². The molecule has 0 spiro atoms. The monoisotopic (exact) mass is 426 g/mol. The highest BCUT2D eigenvalue weighted by molar-refractivity contribution is 5.78. The van der Waals surface area contributed by atoms with Crippen LogP contribution in [0.5, 0.6) is 5.75 Å². The molecule has 4 N–H and O–H groups in total. The van der Waals surface area contributed by atoms with Crippen molar-refractivity contribution in [3.05, 3.63) is 28.8 Å². The fourth-order valence-electron chi connectivity index (χ4n) is 8.14. The van der Waals surface area contributed by atoms with E-state index in [0.717, 1.165) is 18.8 Å². The third-order valence-corrected chi connectivity index (χ3v) is 9.42. The Morgan fingerprint density at radius 3 is 2.61 bits per heavy atom. The lowest BCUT2D eigenvalue weighted by Gasteiger charge is -2.61. The lowest BCUT2D eigenvalue weighted by molar-refractivity contribution is -0.136. The van der Waals surface area contributed by atoms with Crippen molar-refractivity contribution in [2.45, 2.75) is 97.4 Å². The van der Waals surface area contributed by atoms with Gasteiger partial charge in [-0.15, -0.1) is 0 Å². The van der Waals surface area contributed by atoms with Crippen molar-refractivity contribution in [2.75, 3.05) is 6.54 Å². The van der Waals surface area contributed by atoms with E-state index >= 15 is 0 Å². The zero-order valence-electron chi connectivity index (χ0n) is 20.2. The largest absolute Gasteiger partial charge is 0.425 e. The van der Waals surface area contributed by atoms with E-state index in [1.54, 1.807) is 0 Å². The van der Waals surface area contributed by atoms with Crippen LogP contribution >= 0.6 is 0 Å². The second-order valence-corrected chi connectivity index (χ2v) is 11.8. The van der Waals surface area contributed by atoms with E-state index in [1.165, 1.54) is 48.8 Å². The van der Waals surface area contributed by atoms with Gasteiger partial charge in [-0.05, 0) is 115 Å². The molecule has 2 fully saturated rings. The fourth-order valence-corrected chi connectivity index (χ4v) is 8.14. The summed E-state index contributed by atoms with van der Waals surface area (Å²) >= 11 is 0. The highest BCUT2D eigenvalue weighted by Gasteiger charge is 2.61. The number of ether oxygens (including phenoxy) is 1. The molecule has 2 saturated carbocycles. The maximum Gasteiger partial charge on any atom is 0.328 e. The lowest BCUT2D eigenvalue weighted by Crippen LogP contribution is -2.55. The first-order chi connectivity index (χ1) is 14.5. The van der Waals surface area contributed by atoms with Crippen molar-refractivity contribution >= 4 is 5.97 Å². The molecule has 0 aliphatic heterocycles. The highest BCUT2D eigenvalue weighted by Crippen LogP contribution is 2.67. The predicted octanol–water partition coefficient (Wildman–Crippen LogP) is 5.02. The van der Waals surface area contributed by atoms with Gasteiger partial charge in [0, 0.05) is 0 Å². The van der Waals surface area contributed by atoms with Gasteiger partial charge in [0.2, 0.25) is 0 Å². The minimum atomic E-state index is -0.610. The van der Waals surface area contributed by atoms with Crippen LogP contribution in [0.25, 0.3) is 0 Å². The summed E-state index contributed by atoms with van der Waals surface area (Å²) in [7, 11) is 0. The van der Waals surface area contributed by atoms with Crippen LogP contribution in [0.1, 0.15) is 89.3 Å². The van der Waals surface area contributed by atoms with Gasteiger partial charge < -0.3 is 16.2 Å². The lowest BCUT2D eigenvalue weighted by atomic mass is 9.43. The highest BCUT2D eigenvalue weighted by atomic mass is 16.5. The van der Waals surface area contributed by atoms with Gasteiger partial charge in [-0.25, -0.2) is 4.79 Å². The Morgan fingerprint density at radius 2 is 1.90 bits per heavy atom. The summed E-state index contributed by atoms with van der Waals surface area (Å²) in [5, 5.41) is 0. The predicted molar refractivity (Wildman–Crippen MR) is 126 cm³/mol. The number of benzene rings is 1. The second kappa shape index (κ2) is 7.88. The maximum atomic E-state index is 12.5. The Balaban J connectivity index is 1.63. The van der Waals surface area contributed by atoms with Gasteiger partial charge in [0.25, 0.3) is 0 Å². The van der Waals surface area contributed by atoms with Crippen LogP contribution in [0, 0.1) is 29.6 Å². The molecule has 4 rings (SSSR count). The van der Waals surface area contributed by atoms with E-state index in [9.17, 15) is 4.79 Å². The molecule has 1 aromatic carbocycles. The van der Waals surface area contributed by atoms with Gasteiger partial charge >= 0.3 is 5.97 Å². The number of fused-ring (bicyclic) bond motifs is 5. The average Bonchev–Trinajstić information content (AvgIpc) is 2.99. The van der Waals surface area contributed by atoms with Gasteiger partial charge in [-0.3, -0.25) is 0 Å². The quantitative estimate of drug-likeness (QED) is 0.512. The van der Waals surface area contributed by atoms with E-state index in [1.807, 2.05) is 0 Å². The summed E-state index contributed by atoms with van der Waals surface area (Å²) in [5.41, 5.74) is 16.7. The van der Waals surface area contributed by atoms with Gasteiger partial charge in [-0.1, -0.05) is 34.1 Å². The zero-order valence-corrected chi connectivity index (χ0v) is 20.2. The summed E-state index contributed by atoms with van der Waals surface area (Å²) in [6.07, 6.45) is 9.01. The third-order valence-electron chi connectivity index (χ3n) is 9.42. The van der Waals surface area contributed by atoms with Crippen LogP contribution in [0.3, 0.4) is 0 Å². The number of nitrogens with two attached hydrogens (primary N) is 2. The Kier molecular flexibility index (Phi) is 5.79. The standard InChI is InChI=1S/C27H42N2O2/c1-17-14-19(31-24(30)20(29)8-6-13-28)15-18-16-22-26(4)11-7-10-25(2,3)21(26)9-12-27(22,5)23(17)18/h14-15,20-22H,6-13,16,28-29H2,1-5H3/t20?,21-,22-,26-,27-/m0/s1. The molecule has 3 aliphatic carbocycles. The molecule has 0 radical (unpaired) electrons. The number of carbonyl (C=O) groups excluding carboxylic acids is 1. The molecule has 172 valence electrons. The Labute approximate surface area is 188 Å². The molecule has 4 heteroatoms. The third kappa shape index (κ3) is 3.64. The van der Waals surface area contributed by atoms with Crippen molar-refractivity contribution in [3.8, 4) is 5.75 Å². The first-order valence-electron chi connectivity index (χ1n) is 12.3. The zero-order chi connectivity index (χ0) is 22.6. The summed E-state index contributed by atoms with van der Waals surface area (Å²) in [6.45, 7) is 12.8. The second-order valence-electron chi connectivity index (χ2n) is 11.8. The van der Waals surface area contributed by atoms with E-state index in [4.69, 9.17) is 16.2 Å². The normalized spacial score (nSPS) is 34.4. The van der Waals surface area contributed by atoms with E-state index in [0.29, 0.717) is 35.5 Å². The van der Waals surface area contributed by atoms with Crippen LogP contribution < -0.4 is 16.2 Å². The van der Waals surface area contributed by atoms with Crippen molar-refractivity contribution in [1.29, 1.82) is 0 Å². The van der Waals surface area contributed by atoms with Crippen molar-refractivity contribution in [2.24, 2.45) is 34.1 Å². The van der Waals surface area contributed by atoms with Crippen molar-refractivity contribution in [3.63, 3.8) is 0 Å². The summed E-state index contributed by atoms with van der Waals surface area (Å²) in [4.78, 5) is 12.5. The van der Waals surface area contributed by atoms with Crippen LogP contribution in [0.4, 0.5) is 0 Å². The molecular formula is C27H42N2O2. The Hall–Kier alpha value is -1.39. The summed E-state index contributed by atoms with van der Waals surface area (Å²) in [5.74, 6) is 1.75. The SMILES string of the molecule is Cc1cc(OC(=O)C(N)CCCN)cc2c1[C@@]1(C)CC[C@H]3C(C)(C)CCC[C@]3(C)[C@@H]1C2. The van der Waals surface area contributed by atoms with E-state index in [-0.39, 0.29) is 11.4 Å². The van der Waals surface area contributed by atoms with Crippen LogP contribution in [0.2, 0.25) is 0 Å². The minimum Gasteiger partial charge on any atom is -0.425 e. The number of carbonyl (C=O) groups is 1. The number of hydrogen-bond donors (Lipinski definition) is 2. The molecule has 0 aromatic heterocycles. The fraction of sp³-hybridized carbons (Fsp3) is 0.741. The van der Waals surface area contributed by atoms with Crippen molar-refractivity contribution in [1.82, 2.24) is 0 Å². The molecule has 1 aromatic rings. The van der Waals surface area contributed by atoms with Crippen LogP contribution in [0.15, 0.2) is 12.1 Å². The summed E-state index contributed by atoms with van der Waals surface area (Å²) in [6, 6.07) is 3.58. The smallest absolute Gasteiger partial charge is 0.328 e. The first-order valence-corrected chi connectivity index (χ1v) is 12.3. The Morgan fingerprint density at radius 1 is 1.16 bits per heavy atom. The van der Waals surface area contributed by atoms with E-state index in [2.05, 4.69) is 46.8 Å². The molecule has 0 bridgehead atoms. The molecule has 0 heterocycles. The number of esters is 1. The molecule has 31 heavy (non-hydrogen) atoms. The molecule has 4 nitrogen and oxygen atoms in total. The van der Waals surface area contributed by atoms with E-state index < -0.39 is 6.04 Å². The topological polar surface area (TPSA) is 78.3 Å². The Bertz CT molecular complexity index is 863. The summed E-state index contributed by atoms with van der Waals surface area (Å²) < 4.78 is 5.73. The van der Waals surface area contributed by atoms with Crippen LogP contribution in [-0.2, 0) is 16.6 Å². The maximum absolute atomic E-state index is 12.5.